The quantitative estimate of drug-likeness (QED) is 0.668. The van der Waals surface area contributed by atoms with Crippen LogP contribution < -0.4 is 5.32 Å². The number of nitrogens with zero attached hydrogens (tertiary/aromatic N) is 1. The second kappa shape index (κ2) is 9.83. The number of halogens is 1. The van der Waals surface area contributed by atoms with Crippen molar-refractivity contribution in [3.63, 3.8) is 0 Å². The maximum atomic E-state index is 13.8. The second-order valence-corrected chi connectivity index (χ2v) is 8.63. The van der Waals surface area contributed by atoms with E-state index < -0.39 is 15.8 Å². The molecule has 0 saturated heterocycles. The Morgan fingerprint density at radius 1 is 1.27 bits per heavy atom. The molecule has 0 fully saturated rings. The third-order valence-corrected chi connectivity index (χ3v) is 5.76. The van der Waals surface area contributed by atoms with Gasteiger partial charge < -0.3 is 5.32 Å². The molecule has 0 radical (unpaired) electrons. The lowest BCUT2D eigenvalue weighted by atomic mass is 9.97. The average Bonchev–Trinajstić information content (AvgIpc) is 2.60. The molecule has 1 aromatic rings. The van der Waals surface area contributed by atoms with E-state index in [4.69, 9.17) is 0 Å². The van der Waals surface area contributed by atoms with Gasteiger partial charge in [-0.15, -0.1) is 0 Å². The molecule has 0 aliphatic heterocycles. The predicted octanol–water partition coefficient (Wildman–Crippen LogP) is 2.98. The third kappa shape index (κ3) is 6.88. The summed E-state index contributed by atoms with van der Waals surface area (Å²) >= 11 is 0. The van der Waals surface area contributed by atoms with Gasteiger partial charge in [0.2, 0.25) is 15.9 Å². The Morgan fingerprint density at radius 3 is 2.69 bits per heavy atom. The smallest absolute Gasteiger partial charge is 0.221 e. The molecule has 1 N–H and O–H groups in total. The van der Waals surface area contributed by atoms with Crippen LogP contribution in [0.3, 0.4) is 0 Å². The number of hydrogen-bond donors (Lipinski definition) is 1. The van der Waals surface area contributed by atoms with Gasteiger partial charge in [0.1, 0.15) is 5.82 Å². The zero-order valence-electron chi connectivity index (χ0n) is 15.2. The molecule has 0 atom stereocenters. The molecule has 144 valence electrons. The lowest BCUT2D eigenvalue weighted by molar-refractivity contribution is -0.121. The van der Waals surface area contributed by atoms with E-state index in [1.165, 1.54) is 24.5 Å². The fourth-order valence-corrected chi connectivity index (χ4v) is 3.78. The van der Waals surface area contributed by atoms with Gasteiger partial charge in [0.05, 0.1) is 6.26 Å². The summed E-state index contributed by atoms with van der Waals surface area (Å²) in [5, 5.41) is 2.84. The van der Waals surface area contributed by atoms with Gasteiger partial charge in [0, 0.05) is 31.6 Å². The highest BCUT2D eigenvalue weighted by molar-refractivity contribution is 7.88. The van der Waals surface area contributed by atoms with Crippen molar-refractivity contribution >= 4 is 15.9 Å². The van der Waals surface area contributed by atoms with Gasteiger partial charge in [-0.3, -0.25) is 4.79 Å². The molecular weight excluding hydrogens is 355 g/mol. The molecule has 0 heterocycles. The fourth-order valence-electron chi connectivity index (χ4n) is 2.99. The van der Waals surface area contributed by atoms with Gasteiger partial charge in [-0.2, -0.15) is 4.31 Å². The first-order valence-electron chi connectivity index (χ1n) is 8.99. The third-order valence-electron chi connectivity index (χ3n) is 4.52. The van der Waals surface area contributed by atoms with Crippen LogP contribution in [0.15, 0.2) is 35.9 Å². The van der Waals surface area contributed by atoms with Crippen molar-refractivity contribution < 1.29 is 17.6 Å². The van der Waals surface area contributed by atoms with Crippen molar-refractivity contribution in [1.29, 1.82) is 0 Å². The molecular formula is C19H27FN2O3S. The van der Waals surface area contributed by atoms with Gasteiger partial charge >= 0.3 is 0 Å². The molecule has 1 amide bonds. The first kappa shape index (κ1) is 20.6. The van der Waals surface area contributed by atoms with E-state index >= 15 is 0 Å². The van der Waals surface area contributed by atoms with Crippen LogP contribution in [0.4, 0.5) is 4.39 Å². The van der Waals surface area contributed by atoms with Crippen molar-refractivity contribution in [3.8, 4) is 0 Å². The SMILES string of the molecule is CS(=O)(=O)N(CCC(=O)NCCC1=CCCCC1)Cc1ccccc1F. The van der Waals surface area contributed by atoms with Crippen LogP contribution in [0.2, 0.25) is 0 Å². The van der Waals surface area contributed by atoms with Gasteiger partial charge in [-0.1, -0.05) is 29.8 Å². The molecule has 0 aromatic heterocycles. The lowest BCUT2D eigenvalue weighted by Crippen LogP contribution is -2.34. The molecule has 5 nitrogen and oxygen atoms in total. The number of nitrogens with one attached hydrogen (secondary N) is 1. The topological polar surface area (TPSA) is 66.5 Å². The highest BCUT2D eigenvalue weighted by atomic mass is 32.2. The van der Waals surface area contributed by atoms with Gasteiger partial charge in [0.15, 0.2) is 0 Å². The number of amides is 1. The Balaban J connectivity index is 1.82. The number of sulfonamides is 1. The average molecular weight is 383 g/mol. The summed E-state index contributed by atoms with van der Waals surface area (Å²) in [6, 6.07) is 6.05. The van der Waals surface area contributed by atoms with E-state index in [0.29, 0.717) is 12.1 Å². The van der Waals surface area contributed by atoms with Gasteiger partial charge in [-0.05, 0) is 38.2 Å². The fraction of sp³-hybridized carbons (Fsp3) is 0.526. The minimum absolute atomic E-state index is 0.0295. The van der Waals surface area contributed by atoms with E-state index in [9.17, 15) is 17.6 Å². The highest BCUT2D eigenvalue weighted by Crippen LogP contribution is 2.19. The van der Waals surface area contributed by atoms with E-state index in [2.05, 4.69) is 11.4 Å². The maximum absolute atomic E-state index is 13.8. The largest absolute Gasteiger partial charge is 0.356 e. The van der Waals surface area contributed by atoms with Crippen LogP contribution in [0, 0.1) is 5.82 Å². The van der Waals surface area contributed by atoms with Crippen molar-refractivity contribution in [3.05, 3.63) is 47.3 Å². The summed E-state index contributed by atoms with van der Waals surface area (Å²) in [6.45, 7) is 0.518. The van der Waals surface area contributed by atoms with Crippen molar-refractivity contribution in [2.24, 2.45) is 0 Å². The van der Waals surface area contributed by atoms with Crippen LogP contribution in [0.25, 0.3) is 0 Å². The number of carbonyl (C=O) groups is 1. The van der Waals surface area contributed by atoms with E-state index in [0.717, 1.165) is 29.8 Å². The molecule has 0 unspecified atom stereocenters. The number of rotatable bonds is 9. The Kier molecular flexibility index (Phi) is 7.78. The second-order valence-electron chi connectivity index (χ2n) is 6.65. The maximum Gasteiger partial charge on any atom is 0.221 e. The van der Waals surface area contributed by atoms with Crippen LogP contribution >= 0.6 is 0 Å². The Hall–Kier alpha value is -1.73. The first-order chi connectivity index (χ1) is 12.4. The number of allylic oxidation sites excluding steroid dienone is 1. The van der Waals surface area contributed by atoms with Gasteiger partial charge in [0.25, 0.3) is 0 Å². The summed E-state index contributed by atoms with van der Waals surface area (Å²) in [7, 11) is -3.54. The molecule has 1 aliphatic rings. The van der Waals surface area contributed by atoms with Crippen molar-refractivity contribution in [1.82, 2.24) is 9.62 Å². The molecule has 7 heteroatoms. The Morgan fingerprint density at radius 2 is 2.04 bits per heavy atom. The number of hydrogen-bond acceptors (Lipinski definition) is 3. The molecule has 26 heavy (non-hydrogen) atoms. The normalized spacial score (nSPS) is 15.0. The number of carbonyl (C=O) groups excluding carboxylic acids is 1. The zero-order chi connectivity index (χ0) is 19.0. The zero-order valence-corrected chi connectivity index (χ0v) is 16.0. The van der Waals surface area contributed by atoms with E-state index in [1.807, 2.05) is 0 Å². The first-order valence-corrected chi connectivity index (χ1v) is 10.8. The molecule has 0 spiro atoms. The minimum atomic E-state index is -3.54. The summed E-state index contributed by atoms with van der Waals surface area (Å²) in [4.78, 5) is 12.0. The molecule has 1 aromatic carbocycles. The molecule has 0 saturated carbocycles. The monoisotopic (exact) mass is 382 g/mol. The standard InChI is InChI=1S/C19H27FN2O3S/c1-26(24,25)22(15-17-9-5-6-10-18(17)20)14-12-19(23)21-13-11-16-7-3-2-4-8-16/h5-7,9-10H,2-4,8,11-15H2,1H3,(H,21,23). The van der Waals surface area contributed by atoms with Crippen molar-refractivity contribution in [2.75, 3.05) is 19.3 Å². The summed E-state index contributed by atoms with van der Waals surface area (Å²) in [5.41, 5.74) is 1.68. The van der Waals surface area contributed by atoms with Crippen LogP contribution in [-0.4, -0.2) is 38.0 Å². The van der Waals surface area contributed by atoms with Crippen LogP contribution in [0.1, 0.15) is 44.1 Å². The predicted molar refractivity (Wildman–Crippen MR) is 100 cm³/mol. The molecule has 1 aliphatic carbocycles. The van der Waals surface area contributed by atoms with Crippen LogP contribution in [-0.2, 0) is 21.4 Å². The van der Waals surface area contributed by atoms with E-state index in [-0.39, 0.29) is 25.4 Å². The molecule has 2 rings (SSSR count). The minimum Gasteiger partial charge on any atom is -0.356 e. The summed E-state index contributed by atoms with van der Waals surface area (Å²) < 4.78 is 38.8. The molecule has 0 bridgehead atoms. The van der Waals surface area contributed by atoms with E-state index in [1.54, 1.807) is 18.2 Å². The van der Waals surface area contributed by atoms with Crippen LogP contribution in [0.5, 0.6) is 0 Å². The summed E-state index contributed by atoms with van der Waals surface area (Å²) in [6.07, 6.45) is 8.87. The summed E-state index contributed by atoms with van der Waals surface area (Å²) in [5.74, 6) is -0.644. The number of benzene rings is 1. The lowest BCUT2D eigenvalue weighted by Gasteiger charge is -2.20. The highest BCUT2D eigenvalue weighted by Gasteiger charge is 2.19. The Labute approximate surface area is 155 Å². The van der Waals surface area contributed by atoms with Gasteiger partial charge in [-0.25, -0.2) is 12.8 Å². The Bertz CT molecular complexity index is 747. The van der Waals surface area contributed by atoms with Crippen molar-refractivity contribution in [2.45, 2.75) is 45.1 Å².